The summed E-state index contributed by atoms with van der Waals surface area (Å²) in [5, 5.41) is 10.7. The largest absolute Gasteiger partial charge is 0.394 e. The Morgan fingerprint density at radius 2 is 1.63 bits per heavy atom. The first kappa shape index (κ1) is 29.3. The molecule has 1 N–H and O–H groups in total. The Bertz CT molecular complexity index is 1500. The van der Waals surface area contributed by atoms with Crippen LogP contribution in [0.15, 0.2) is 72.8 Å². The van der Waals surface area contributed by atoms with E-state index in [9.17, 15) is 19.5 Å². The number of nitrogens with zero attached hydrogens (tertiary/aromatic N) is 3. The van der Waals surface area contributed by atoms with Gasteiger partial charge < -0.3 is 24.5 Å². The third kappa shape index (κ3) is 4.37. The van der Waals surface area contributed by atoms with Gasteiger partial charge in [0.05, 0.1) is 30.1 Å². The fourth-order valence-electron chi connectivity index (χ4n) is 7.70. The fourth-order valence-corrected chi connectivity index (χ4v) is 7.70. The lowest BCUT2D eigenvalue weighted by Crippen LogP contribution is -2.60. The molecule has 0 saturated carbocycles. The summed E-state index contributed by atoms with van der Waals surface area (Å²) in [6, 6.07) is 13.8. The molecular formula is C35H41N3O5. The van der Waals surface area contributed by atoms with E-state index in [1.165, 1.54) is 0 Å². The van der Waals surface area contributed by atoms with Crippen LogP contribution in [0.5, 0.6) is 0 Å². The van der Waals surface area contributed by atoms with Crippen LogP contribution in [-0.2, 0) is 19.1 Å². The SMILES string of the molecule is CC[C@H](C)[C@H](CO)N1C(=O)[C@@H]2[C@H]3C(=O)N(c4ccccc4)CC=C[C@@]3(C)O[C@@]23C=CCN(c2cc(C)ccc2C)C(=O)C13. The number of benzene rings is 2. The molecule has 4 heterocycles. The molecule has 2 aromatic carbocycles. The van der Waals surface area contributed by atoms with Crippen molar-refractivity contribution < 1.29 is 24.2 Å². The van der Waals surface area contributed by atoms with Gasteiger partial charge in [-0.1, -0.05) is 74.9 Å². The van der Waals surface area contributed by atoms with Gasteiger partial charge in [0.2, 0.25) is 11.8 Å². The van der Waals surface area contributed by atoms with E-state index in [4.69, 9.17) is 4.74 Å². The summed E-state index contributed by atoms with van der Waals surface area (Å²) in [6.45, 7) is 10.1. The molecular weight excluding hydrogens is 542 g/mol. The Kier molecular flexibility index (Phi) is 7.33. The highest BCUT2D eigenvalue weighted by Gasteiger charge is 2.75. The van der Waals surface area contributed by atoms with Crippen molar-refractivity contribution in [1.82, 2.24) is 4.90 Å². The zero-order valence-corrected chi connectivity index (χ0v) is 25.6. The number of aliphatic hydroxyl groups is 1. The van der Waals surface area contributed by atoms with Crippen molar-refractivity contribution in [3.63, 3.8) is 0 Å². The monoisotopic (exact) mass is 583 g/mol. The second kappa shape index (κ2) is 10.8. The Morgan fingerprint density at radius 1 is 0.930 bits per heavy atom. The Morgan fingerprint density at radius 3 is 2.33 bits per heavy atom. The zero-order chi connectivity index (χ0) is 30.7. The minimum Gasteiger partial charge on any atom is -0.394 e. The maximum atomic E-state index is 14.9. The maximum Gasteiger partial charge on any atom is 0.253 e. The van der Waals surface area contributed by atoms with E-state index in [1.807, 2.05) is 107 Å². The third-order valence-electron chi connectivity index (χ3n) is 10.1. The van der Waals surface area contributed by atoms with E-state index < -0.39 is 35.1 Å². The van der Waals surface area contributed by atoms with Gasteiger partial charge >= 0.3 is 0 Å². The molecule has 6 rings (SSSR count). The van der Waals surface area contributed by atoms with Crippen LogP contribution in [0.3, 0.4) is 0 Å². The number of aryl methyl sites for hydroxylation is 2. The van der Waals surface area contributed by atoms with E-state index in [-0.39, 0.29) is 30.2 Å². The minimum atomic E-state index is -1.39. The molecule has 8 nitrogen and oxygen atoms in total. The number of carbonyl (C=O) groups excluding carboxylic acids is 3. The molecule has 4 aliphatic heterocycles. The average Bonchev–Trinajstić information content (AvgIpc) is 3.26. The van der Waals surface area contributed by atoms with Crippen LogP contribution in [0.2, 0.25) is 0 Å². The smallest absolute Gasteiger partial charge is 0.253 e. The minimum absolute atomic E-state index is 0.0871. The quantitative estimate of drug-likeness (QED) is 0.516. The van der Waals surface area contributed by atoms with Gasteiger partial charge in [-0.25, -0.2) is 0 Å². The highest BCUT2D eigenvalue weighted by atomic mass is 16.5. The van der Waals surface area contributed by atoms with Crippen molar-refractivity contribution in [2.45, 2.75) is 64.3 Å². The molecule has 2 saturated heterocycles. The summed E-state index contributed by atoms with van der Waals surface area (Å²) in [4.78, 5) is 49.2. The number of ether oxygens (including phenoxy) is 1. The zero-order valence-electron chi connectivity index (χ0n) is 25.6. The Labute approximate surface area is 253 Å². The number of hydrogen-bond acceptors (Lipinski definition) is 5. The van der Waals surface area contributed by atoms with E-state index in [0.29, 0.717) is 19.5 Å². The van der Waals surface area contributed by atoms with Crippen LogP contribution in [0.1, 0.15) is 38.3 Å². The second-order valence-electron chi connectivity index (χ2n) is 12.7. The van der Waals surface area contributed by atoms with E-state index in [2.05, 4.69) is 0 Å². The van der Waals surface area contributed by atoms with E-state index in [0.717, 1.165) is 22.5 Å². The normalized spacial score (nSPS) is 31.4. The topological polar surface area (TPSA) is 90.4 Å². The Balaban J connectivity index is 1.53. The molecule has 1 spiro atoms. The predicted octanol–water partition coefficient (Wildman–Crippen LogP) is 4.19. The molecule has 2 aromatic rings. The lowest BCUT2D eigenvalue weighted by molar-refractivity contribution is -0.149. The molecule has 8 heteroatoms. The van der Waals surface area contributed by atoms with Crippen molar-refractivity contribution in [3.8, 4) is 0 Å². The van der Waals surface area contributed by atoms with Crippen LogP contribution in [0.25, 0.3) is 0 Å². The van der Waals surface area contributed by atoms with Crippen molar-refractivity contribution >= 4 is 29.1 Å². The molecule has 2 fully saturated rings. The molecule has 226 valence electrons. The first-order valence-electron chi connectivity index (χ1n) is 15.3. The van der Waals surface area contributed by atoms with Gasteiger partial charge in [0.25, 0.3) is 5.91 Å². The third-order valence-corrected chi connectivity index (χ3v) is 10.1. The molecule has 1 unspecified atom stereocenters. The molecule has 43 heavy (non-hydrogen) atoms. The van der Waals surface area contributed by atoms with Gasteiger partial charge in [-0.2, -0.15) is 0 Å². The van der Waals surface area contributed by atoms with Gasteiger partial charge in [0.15, 0.2) is 0 Å². The molecule has 0 aromatic heterocycles. The number of amides is 3. The van der Waals surface area contributed by atoms with Crippen LogP contribution in [0, 0.1) is 31.6 Å². The molecule has 0 radical (unpaired) electrons. The van der Waals surface area contributed by atoms with Gasteiger partial charge in [-0.15, -0.1) is 0 Å². The maximum absolute atomic E-state index is 14.9. The number of rotatable bonds is 6. The van der Waals surface area contributed by atoms with Crippen molar-refractivity contribution in [3.05, 3.63) is 84.0 Å². The fraction of sp³-hybridized carbons (Fsp3) is 0.457. The lowest BCUT2D eigenvalue weighted by atomic mass is 9.74. The molecule has 4 aliphatic rings. The number of likely N-dealkylation sites (tertiary alicyclic amines) is 1. The average molecular weight is 584 g/mol. The van der Waals surface area contributed by atoms with E-state index >= 15 is 0 Å². The molecule has 0 bridgehead atoms. The number of anilines is 2. The molecule has 7 atom stereocenters. The van der Waals surface area contributed by atoms with Gasteiger partial charge in [0, 0.05) is 24.5 Å². The summed E-state index contributed by atoms with van der Waals surface area (Å²) in [5.41, 5.74) is 0.970. The number of hydrogen-bond donors (Lipinski definition) is 1. The Hall–Kier alpha value is -3.75. The molecule has 0 aliphatic carbocycles. The van der Waals surface area contributed by atoms with Crippen molar-refractivity contribution in [2.75, 3.05) is 29.5 Å². The summed E-state index contributed by atoms with van der Waals surface area (Å²) in [5.74, 6) is -2.71. The summed E-state index contributed by atoms with van der Waals surface area (Å²) in [7, 11) is 0. The number of fused-ring (bicyclic) bond motifs is 2. The van der Waals surface area contributed by atoms with E-state index in [1.54, 1.807) is 14.7 Å². The summed E-state index contributed by atoms with van der Waals surface area (Å²) < 4.78 is 6.99. The van der Waals surface area contributed by atoms with Crippen molar-refractivity contribution in [2.24, 2.45) is 17.8 Å². The highest BCUT2D eigenvalue weighted by Crippen LogP contribution is 2.58. The van der Waals surface area contributed by atoms with Crippen molar-refractivity contribution in [1.29, 1.82) is 0 Å². The van der Waals surface area contributed by atoms with Crippen LogP contribution in [-0.4, -0.2) is 70.7 Å². The van der Waals surface area contributed by atoms with Crippen LogP contribution >= 0.6 is 0 Å². The van der Waals surface area contributed by atoms with Gasteiger partial charge in [-0.3, -0.25) is 14.4 Å². The first-order chi connectivity index (χ1) is 20.6. The predicted molar refractivity (Wildman–Crippen MR) is 166 cm³/mol. The highest BCUT2D eigenvalue weighted by molar-refractivity contribution is 6.08. The van der Waals surface area contributed by atoms with Gasteiger partial charge in [0.1, 0.15) is 11.6 Å². The standard InChI is InChI=1S/C35H41N3O5/c1-6-23(3)27(21-39)38-30-33(42)37(26-20-22(2)14-15-24(26)4)19-11-17-35(30)29(32(38)41)28-31(40)36(25-12-8-7-9-13-25)18-10-16-34(28,5)43-35/h7-17,20,23,27-30,39H,6,18-19,21H2,1-5H3/t23-,27-,28-,29-,30?,34+,35-/m0/s1. The second-order valence-corrected chi connectivity index (χ2v) is 12.7. The number of carbonyl (C=O) groups is 3. The van der Waals surface area contributed by atoms with Gasteiger partial charge in [-0.05, 0) is 56.0 Å². The lowest BCUT2D eigenvalue weighted by Gasteiger charge is -2.41. The number of aliphatic hydroxyl groups excluding tert-OH is 1. The van der Waals surface area contributed by atoms with Crippen LogP contribution in [0.4, 0.5) is 11.4 Å². The molecule has 3 amide bonds. The summed E-state index contributed by atoms with van der Waals surface area (Å²) >= 11 is 0. The van der Waals surface area contributed by atoms with Crippen LogP contribution < -0.4 is 9.80 Å². The summed E-state index contributed by atoms with van der Waals surface area (Å²) in [6.07, 6.45) is 8.28. The first-order valence-corrected chi connectivity index (χ1v) is 15.3. The number of para-hydroxylation sites is 1.